The van der Waals surface area contributed by atoms with E-state index in [1.807, 2.05) is 6.07 Å². The quantitative estimate of drug-likeness (QED) is 0.841. The topological polar surface area (TPSA) is 58.6 Å². The van der Waals surface area contributed by atoms with Crippen molar-refractivity contribution in [2.45, 2.75) is 38.3 Å². The number of carbonyl (C=O) groups excluding carboxylic acids is 2. The van der Waals surface area contributed by atoms with Crippen molar-refractivity contribution in [3.8, 4) is 0 Å². The number of benzene rings is 1. The maximum atomic E-state index is 12.2. The lowest BCUT2D eigenvalue weighted by molar-refractivity contribution is -0.143. The van der Waals surface area contributed by atoms with Gasteiger partial charge < -0.3 is 10.1 Å². The van der Waals surface area contributed by atoms with Gasteiger partial charge in [0.1, 0.15) is 0 Å². The number of esters is 1. The van der Waals surface area contributed by atoms with Gasteiger partial charge in [0, 0.05) is 25.2 Å². The molecule has 24 heavy (non-hydrogen) atoms. The van der Waals surface area contributed by atoms with E-state index in [1.54, 1.807) is 0 Å². The van der Waals surface area contributed by atoms with Crippen LogP contribution < -0.4 is 5.32 Å². The monoisotopic (exact) mass is 330 g/mol. The molecule has 3 atom stereocenters. The zero-order valence-corrected chi connectivity index (χ0v) is 14.4. The van der Waals surface area contributed by atoms with Crippen LogP contribution in [0.25, 0.3) is 0 Å². The van der Waals surface area contributed by atoms with E-state index in [2.05, 4.69) is 41.4 Å². The highest BCUT2D eigenvalue weighted by Gasteiger charge is 2.49. The predicted molar refractivity (Wildman–Crippen MR) is 91.2 cm³/mol. The molecule has 2 aliphatic rings. The zero-order chi connectivity index (χ0) is 17.1. The summed E-state index contributed by atoms with van der Waals surface area (Å²) in [7, 11) is 1.37. The molecule has 0 spiro atoms. The highest BCUT2D eigenvalue weighted by Crippen LogP contribution is 2.39. The Labute approximate surface area is 143 Å². The van der Waals surface area contributed by atoms with Crippen LogP contribution in [0.15, 0.2) is 30.3 Å². The summed E-state index contributed by atoms with van der Waals surface area (Å²) in [5.41, 5.74) is 1.33. The molecule has 1 amide bonds. The van der Waals surface area contributed by atoms with Crippen molar-refractivity contribution >= 4 is 11.9 Å². The van der Waals surface area contributed by atoms with Gasteiger partial charge in [-0.05, 0) is 31.7 Å². The van der Waals surface area contributed by atoms with Gasteiger partial charge in [-0.15, -0.1) is 0 Å². The third-order valence-corrected chi connectivity index (χ3v) is 5.34. The fourth-order valence-corrected chi connectivity index (χ4v) is 3.58. The van der Waals surface area contributed by atoms with Crippen LogP contribution in [0.3, 0.4) is 0 Å². The molecule has 1 saturated carbocycles. The van der Waals surface area contributed by atoms with Crippen LogP contribution in [-0.4, -0.2) is 43.0 Å². The van der Waals surface area contributed by atoms with Crippen molar-refractivity contribution in [1.29, 1.82) is 0 Å². The molecule has 3 rings (SSSR count). The van der Waals surface area contributed by atoms with Crippen molar-refractivity contribution in [2.75, 3.05) is 20.2 Å². The first-order valence-electron chi connectivity index (χ1n) is 8.77. The van der Waals surface area contributed by atoms with Gasteiger partial charge >= 0.3 is 5.97 Å². The number of hydrogen-bond acceptors (Lipinski definition) is 4. The summed E-state index contributed by atoms with van der Waals surface area (Å²) in [6.45, 7) is 4.19. The minimum atomic E-state index is -0.262. The Morgan fingerprint density at radius 3 is 2.46 bits per heavy atom. The maximum Gasteiger partial charge on any atom is 0.309 e. The average molecular weight is 330 g/mol. The second-order valence-electron chi connectivity index (χ2n) is 6.88. The summed E-state index contributed by atoms with van der Waals surface area (Å²) in [5.74, 6) is -0.659. The van der Waals surface area contributed by atoms with Crippen LogP contribution in [0.1, 0.15) is 37.8 Å². The Hall–Kier alpha value is -1.88. The number of nitrogens with zero attached hydrogens (tertiary/aromatic N) is 1. The SMILES string of the molecule is COC(=O)[C@@H]1C[C@@H]1C(=O)NC1CCN([C@H](C)c2ccccc2)CC1. The van der Waals surface area contributed by atoms with E-state index in [1.165, 1.54) is 12.7 Å². The lowest BCUT2D eigenvalue weighted by Gasteiger charge is -2.36. The van der Waals surface area contributed by atoms with Crippen LogP contribution in [0.2, 0.25) is 0 Å². The largest absolute Gasteiger partial charge is 0.469 e. The molecule has 5 nitrogen and oxygen atoms in total. The van der Waals surface area contributed by atoms with E-state index >= 15 is 0 Å². The van der Waals surface area contributed by atoms with Crippen molar-refractivity contribution < 1.29 is 14.3 Å². The summed E-state index contributed by atoms with van der Waals surface area (Å²) >= 11 is 0. The van der Waals surface area contributed by atoms with E-state index in [4.69, 9.17) is 4.74 Å². The standard InChI is InChI=1S/C19H26N2O3/c1-13(14-6-4-3-5-7-14)21-10-8-15(9-11-21)20-18(22)16-12-17(16)19(23)24-2/h3-7,13,15-17H,8-12H2,1-2H3,(H,20,22)/t13-,16+,17-/m1/s1. The highest BCUT2D eigenvalue weighted by atomic mass is 16.5. The van der Waals surface area contributed by atoms with Gasteiger partial charge in [0.2, 0.25) is 5.91 Å². The number of likely N-dealkylation sites (tertiary alicyclic amines) is 1. The molecule has 5 heteroatoms. The molecule has 0 bridgehead atoms. The van der Waals surface area contributed by atoms with Crippen LogP contribution >= 0.6 is 0 Å². The minimum absolute atomic E-state index is 0.0138. The number of hydrogen-bond donors (Lipinski definition) is 1. The summed E-state index contributed by atoms with van der Waals surface area (Å²) in [6, 6.07) is 11.1. The highest BCUT2D eigenvalue weighted by molar-refractivity contribution is 5.90. The van der Waals surface area contributed by atoms with E-state index in [-0.39, 0.29) is 29.8 Å². The normalized spacial score (nSPS) is 25.8. The molecule has 0 aromatic heterocycles. The molecule has 0 unspecified atom stereocenters. The third kappa shape index (κ3) is 3.78. The number of amides is 1. The van der Waals surface area contributed by atoms with Gasteiger partial charge in [-0.1, -0.05) is 30.3 Å². The second-order valence-corrected chi connectivity index (χ2v) is 6.88. The van der Waals surface area contributed by atoms with Gasteiger partial charge in [0.25, 0.3) is 0 Å². The summed E-state index contributed by atoms with van der Waals surface area (Å²) in [6.07, 6.45) is 2.54. The molecular weight excluding hydrogens is 304 g/mol. The molecule has 1 saturated heterocycles. The molecule has 2 fully saturated rings. The predicted octanol–water partition coefficient (Wildman–Crippen LogP) is 2.14. The molecule has 1 aliphatic carbocycles. The Kier molecular flexibility index (Phi) is 5.19. The first-order chi connectivity index (χ1) is 11.6. The molecule has 0 radical (unpaired) electrons. The molecule has 130 valence electrons. The van der Waals surface area contributed by atoms with Gasteiger partial charge in [-0.25, -0.2) is 0 Å². The van der Waals surface area contributed by atoms with E-state index < -0.39 is 0 Å². The lowest BCUT2D eigenvalue weighted by Crippen LogP contribution is -2.45. The summed E-state index contributed by atoms with van der Waals surface area (Å²) < 4.78 is 4.70. The van der Waals surface area contributed by atoms with Crippen molar-refractivity contribution in [3.05, 3.63) is 35.9 Å². The number of rotatable bonds is 5. The van der Waals surface area contributed by atoms with Crippen LogP contribution in [0.5, 0.6) is 0 Å². The molecule has 1 aliphatic heterocycles. The van der Waals surface area contributed by atoms with E-state index in [9.17, 15) is 9.59 Å². The van der Waals surface area contributed by atoms with Crippen LogP contribution in [-0.2, 0) is 14.3 Å². The Bertz CT molecular complexity index is 582. The number of methoxy groups -OCH3 is 1. The second kappa shape index (κ2) is 7.34. The lowest BCUT2D eigenvalue weighted by atomic mass is 10.00. The fraction of sp³-hybridized carbons (Fsp3) is 0.579. The average Bonchev–Trinajstić information content (AvgIpc) is 3.43. The Balaban J connectivity index is 1.44. The van der Waals surface area contributed by atoms with E-state index in [0.29, 0.717) is 12.5 Å². The smallest absolute Gasteiger partial charge is 0.309 e. The van der Waals surface area contributed by atoms with Crippen molar-refractivity contribution in [1.82, 2.24) is 10.2 Å². The van der Waals surface area contributed by atoms with Crippen molar-refractivity contribution in [3.63, 3.8) is 0 Å². The molecule has 1 N–H and O–H groups in total. The van der Waals surface area contributed by atoms with Crippen LogP contribution in [0.4, 0.5) is 0 Å². The third-order valence-electron chi connectivity index (χ3n) is 5.34. The maximum absolute atomic E-state index is 12.2. The van der Waals surface area contributed by atoms with Gasteiger partial charge in [-0.2, -0.15) is 0 Å². The molecule has 1 aromatic carbocycles. The fourth-order valence-electron chi connectivity index (χ4n) is 3.58. The molecular formula is C19H26N2O3. The first-order valence-corrected chi connectivity index (χ1v) is 8.77. The number of nitrogens with one attached hydrogen (secondary N) is 1. The zero-order valence-electron chi connectivity index (χ0n) is 14.4. The van der Waals surface area contributed by atoms with Gasteiger partial charge in [0.15, 0.2) is 0 Å². The minimum Gasteiger partial charge on any atom is -0.469 e. The van der Waals surface area contributed by atoms with Crippen molar-refractivity contribution in [2.24, 2.45) is 11.8 Å². The molecule has 1 aromatic rings. The molecule has 1 heterocycles. The summed E-state index contributed by atoms with van der Waals surface area (Å²) in [4.78, 5) is 26.1. The van der Waals surface area contributed by atoms with Crippen LogP contribution in [0, 0.1) is 11.8 Å². The number of ether oxygens (including phenoxy) is 1. The Morgan fingerprint density at radius 2 is 1.83 bits per heavy atom. The number of carbonyl (C=O) groups is 2. The number of piperidine rings is 1. The van der Waals surface area contributed by atoms with Gasteiger partial charge in [0.05, 0.1) is 18.9 Å². The van der Waals surface area contributed by atoms with E-state index in [0.717, 1.165) is 25.9 Å². The van der Waals surface area contributed by atoms with Gasteiger partial charge in [-0.3, -0.25) is 14.5 Å². The first kappa shape index (κ1) is 17.0. The summed E-state index contributed by atoms with van der Waals surface area (Å²) in [5, 5.41) is 3.12. The Morgan fingerprint density at radius 1 is 1.17 bits per heavy atom.